The van der Waals surface area contributed by atoms with Crippen molar-refractivity contribution in [2.24, 2.45) is 0 Å². The molecule has 1 rings (SSSR count). The molecule has 0 N–H and O–H groups in total. The molecule has 0 aromatic heterocycles. The summed E-state index contributed by atoms with van der Waals surface area (Å²) < 4.78 is 0. The summed E-state index contributed by atoms with van der Waals surface area (Å²) >= 11 is 0. The maximum atomic E-state index is 4.24. The summed E-state index contributed by atoms with van der Waals surface area (Å²) in [4.78, 5) is 0. The van der Waals surface area contributed by atoms with Gasteiger partial charge < -0.3 is 0 Å². The molecular weight excluding hydrogens is 114 g/mol. The number of hydrogen-bond donors (Lipinski definition) is 0. The third-order valence-electron chi connectivity index (χ3n) is 1.60. The molecule has 0 bridgehead atoms. The third-order valence-corrected chi connectivity index (χ3v) is 1.60. The minimum atomic E-state index is 0.998. The van der Waals surface area contributed by atoms with Crippen molar-refractivity contribution in [3.05, 3.63) is 0 Å². The molecule has 0 aromatic carbocycles. The quantitative estimate of drug-likeness (QED) is 0.469. The van der Waals surface area contributed by atoms with Gasteiger partial charge in [0.1, 0.15) is 0 Å². The van der Waals surface area contributed by atoms with Crippen LogP contribution >= 0.6 is 0 Å². The first-order chi connectivity index (χ1) is 4.30. The number of hydrogen-bond acceptors (Lipinski definition) is 2. The summed E-state index contributed by atoms with van der Waals surface area (Å²) in [5, 5.41) is 8.67. The van der Waals surface area contributed by atoms with Gasteiger partial charge in [0.2, 0.25) is 0 Å². The standard InChI is InChI=1S/C6H14N3/c1-8(2)9-5-3-7-4-6-9/h3-6H2,1-2H3. The summed E-state index contributed by atoms with van der Waals surface area (Å²) in [5.41, 5.74) is 0. The van der Waals surface area contributed by atoms with Crippen LogP contribution in [-0.4, -0.2) is 50.3 Å². The monoisotopic (exact) mass is 128 g/mol. The highest BCUT2D eigenvalue weighted by molar-refractivity contribution is 4.62. The van der Waals surface area contributed by atoms with E-state index in [9.17, 15) is 0 Å². The van der Waals surface area contributed by atoms with E-state index >= 15 is 0 Å². The number of piperazine rings is 1. The van der Waals surface area contributed by atoms with Crippen LogP contribution in [0.3, 0.4) is 0 Å². The molecule has 1 saturated heterocycles. The average Bonchev–Trinajstić information content (AvgIpc) is 1.90. The Kier molecular flexibility index (Phi) is 2.45. The molecule has 1 heterocycles. The first-order valence-electron chi connectivity index (χ1n) is 3.36. The summed E-state index contributed by atoms with van der Waals surface area (Å²) in [6.07, 6.45) is 0. The first kappa shape index (κ1) is 6.99. The molecule has 1 aliphatic heterocycles. The van der Waals surface area contributed by atoms with E-state index in [1.54, 1.807) is 0 Å². The maximum Gasteiger partial charge on any atom is 0.0275 e. The van der Waals surface area contributed by atoms with Crippen LogP contribution in [0.25, 0.3) is 0 Å². The van der Waals surface area contributed by atoms with Crippen molar-refractivity contribution in [2.45, 2.75) is 0 Å². The Balaban J connectivity index is 2.23. The van der Waals surface area contributed by atoms with Crippen molar-refractivity contribution in [1.29, 1.82) is 0 Å². The molecule has 53 valence electrons. The van der Waals surface area contributed by atoms with Crippen LogP contribution in [0.5, 0.6) is 0 Å². The van der Waals surface area contributed by atoms with Gasteiger partial charge in [-0.25, -0.2) is 15.3 Å². The van der Waals surface area contributed by atoms with E-state index in [1.807, 2.05) is 0 Å². The average molecular weight is 128 g/mol. The maximum absolute atomic E-state index is 4.24. The molecule has 3 heteroatoms. The molecule has 1 fully saturated rings. The zero-order valence-electron chi connectivity index (χ0n) is 6.17. The Morgan fingerprint density at radius 3 is 2.11 bits per heavy atom. The molecular formula is C6H14N3. The van der Waals surface area contributed by atoms with Gasteiger partial charge in [-0.2, -0.15) is 0 Å². The first-order valence-corrected chi connectivity index (χ1v) is 3.36. The van der Waals surface area contributed by atoms with Crippen molar-refractivity contribution in [2.75, 3.05) is 40.3 Å². The van der Waals surface area contributed by atoms with Gasteiger partial charge in [0, 0.05) is 40.3 Å². The summed E-state index contributed by atoms with van der Waals surface area (Å²) in [6, 6.07) is 0. The number of rotatable bonds is 1. The van der Waals surface area contributed by atoms with E-state index in [0.717, 1.165) is 26.2 Å². The molecule has 9 heavy (non-hydrogen) atoms. The molecule has 0 amide bonds. The van der Waals surface area contributed by atoms with Gasteiger partial charge in [0.05, 0.1) is 0 Å². The van der Waals surface area contributed by atoms with E-state index in [0.29, 0.717) is 0 Å². The minimum Gasteiger partial charge on any atom is -0.248 e. The predicted molar refractivity (Wildman–Crippen MR) is 37.1 cm³/mol. The Hall–Kier alpha value is -0.120. The van der Waals surface area contributed by atoms with E-state index in [-0.39, 0.29) is 0 Å². The van der Waals surface area contributed by atoms with Gasteiger partial charge in [-0.15, -0.1) is 0 Å². The lowest BCUT2D eigenvalue weighted by molar-refractivity contribution is 0.0132. The molecule has 3 nitrogen and oxygen atoms in total. The van der Waals surface area contributed by atoms with Crippen molar-refractivity contribution < 1.29 is 0 Å². The van der Waals surface area contributed by atoms with Gasteiger partial charge in [-0.1, -0.05) is 0 Å². The summed E-state index contributed by atoms with van der Waals surface area (Å²) in [5.74, 6) is 0. The van der Waals surface area contributed by atoms with E-state index < -0.39 is 0 Å². The SMILES string of the molecule is CN(C)N1CC[N]CC1. The number of nitrogens with zero attached hydrogens (tertiary/aromatic N) is 3. The molecule has 0 aliphatic carbocycles. The molecule has 0 saturated carbocycles. The highest BCUT2D eigenvalue weighted by Gasteiger charge is 2.10. The van der Waals surface area contributed by atoms with Crippen LogP contribution in [0.2, 0.25) is 0 Å². The normalized spacial score (nSPS) is 23.0. The van der Waals surface area contributed by atoms with Crippen molar-refractivity contribution in [3.63, 3.8) is 0 Å². The Labute approximate surface area is 56.6 Å². The van der Waals surface area contributed by atoms with Crippen LogP contribution in [0.4, 0.5) is 0 Å². The predicted octanol–water partition coefficient (Wildman–Crippen LogP) is -0.617. The smallest absolute Gasteiger partial charge is 0.0275 e. The van der Waals surface area contributed by atoms with Crippen LogP contribution in [0.1, 0.15) is 0 Å². The van der Waals surface area contributed by atoms with Gasteiger partial charge in [0.15, 0.2) is 0 Å². The lowest BCUT2D eigenvalue weighted by Crippen LogP contribution is -2.47. The largest absolute Gasteiger partial charge is 0.248 e. The Morgan fingerprint density at radius 1 is 1.22 bits per heavy atom. The highest BCUT2D eigenvalue weighted by atomic mass is 15.6. The molecule has 0 spiro atoms. The van der Waals surface area contributed by atoms with Crippen LogP contribution in [-0.2, 0) is 0 Å². The molecule has 0 aromatic rings. The van der Waals surface area contributed by atoms with Gasteiger partial charge in [-0.3, -0.25) is 0 Å². The van der Waals surface area contributed by atoms with Crippen molar-refractivity contribution >= 4 is 0 Å². The fourth-order valence-electron chi connectivity index (χ4n) is 0.996. The summed E-state index contributed by atoms with van der Waals surface area (Å²) in [7, 11) is 4.15. The Morgan fingerprint density at radius 2 is 1.78 bits per heavy atom. The van der Waals surface area contributed by atoms with Gasteiger partial charge in [-0.05, 0) is 0 Å². The molecule has 1 radical (unpaired) electrons. The van der Waals surface area contributed by atoms with Crippen LogP contribution in [0.15, 0.2) is 0 Å². The zero-order valence-corrected chi connectivity index (χ0v) is 6.17. The topological polar surface area (TPSA) is 20.6 Å². The van der Waals surface area contributed by atoms with Crippen molar-refractivity contribution in [3.8, 4) is 0 Å². The highest BCUT2D eigenvalue weighted by Crippen LogP contribution is 1.93. The molecule has 0 atom stereocenters. The van der Waals surface area contributed by atoms with E-state index in [2.05, 4.69) is 29.4 Å². The van der Waals surface area contributed by atoms with Crippen LogP contribution < -0.4 is 5.32 Å². The summed E-state index contributed by atoms with van der Waals surface area (Å²) in [6.45, 7) is 4.18. The second-order valence-electron chi connectivity index (χ2n) is 2.47. The van der Waals surface area contributed by atoms with Crippen molar-refractivity contribution in [1.82, 2.24) is 15.3 Å². The second kappa shape index (κ2) is 3.15. The molecule has 0 unspecified atom stereocenters. The molecule has 1 aliphatic rings. The zero-order chi connectivity index (χ0) is 6.69. The van der Waals surface area contributed by atoms with E-state index in [1.165, 1.54) is 0 Å². The third kappa shape index (κ3) is 1.93. The second-order valence-corrected chi connectivity index (χ2v) is 2.47. The van der Waals surface area contributed by atoms with E-state index in [4.69, 9.17) is 0 Å². The van der Waals surface area contributed by atoms with Gasteiger partial charge in [0.25, 0.3) is 0 Å². The van der Waals surface area contributed by atoms with Gasteiger partial charge >= 0.3 is 0 Å². The number of hydrazine groups is 1. The minimum absolute atomic E-state index is 0.998. The lowest BCUT2D eigenvalue weighted by Gasteiger charge is -2.31. The fraction of sp³-hybridized carbons (Fsp3) is 1.00. The van der Waals surface area contributed by atoms with Crippen LogP contribution in [0, 0.1) is 0 Å². The fourth-order valence-corrected chi connectivity index (χ4v) is 0.996. The Bertz CT molecular complexity index is 76.4. The lowest BCUT2D eigenvalue weighted by atomic mass is 10.4.